The summed E-state index contributed by atoms with van der Waals surface area (Å²) in [5.41, 5.74) is 1.35. The van der Waals surface area contributed by atoms with Gasteiger partial charge in [0.1, 0.15) is 6.54 Å². The molecule has 0 spiro atoms. The molecular weight excluding hydrogens is 390 g/mol. The third-order valence-electron chi connectivity index (χ3n) is 4.81. The normalized spacial score (nSPS) is 14.7. The first-order chi connectivity index (χ1) is 12.3. The molecule has 1 fully saturated rings. The fourth-order valence-electron chi connectivity index (χ4n) is 3.31. The number of piperazine rings is 1. The third-order valence-corrected chi connectivity index (χ3v) is 4.81. The number of nitrogens with zero attached hydrogens (tertiary/aromatic N) is 3. The van der Waals surface area contributed by atoms with Gasteiger partial charge in [0, 0.05) is 57.7 Å². The number of amides is 1. The largest absolute Gasteiger partial charge is 1.00 e. The number of rotatable bonds is 7. The van der Waals surface area contributed by atoms with Crippen LogP contribution < -0.4 is 21.5 Å². The lowest BCUT2D eigenvalue weighted by Gasteiger charge is -2.34. The zero-order chi connectivity index (χ0) is 17.3. The lowest BCUT2D eigenvalue weighted by molar-refractivity contribution is -0.697. The van der Waals surface area contributed by atoms with E-state index in [1.807, 2.05) is 23.1 Å². The van der Waals surface area contributed by atoms with Gasteiger partial charge >= 0.3 is 0 Å². The maximum absolute atomic E-state index is 12.4. The highest BCUT2D eigenvalue weighted by Gasteiger charge is 2.20. The predicted octanol–water partition coefficient (Wildman–Crippen LogP) is -0.507. The molecule has 2 aromatic rings. The molecule has 1 saturated heterocycles. The average Bonchev–Trinajstić information content (AvgIpc) is 2.67. The molecule has 0 radical (unpaired) electrons. The van der Waals surface area contributed by atoms with Crippen LogP contribution in [-0.2, 0) is 17.9 Å². The Morgan fingerprint density at radius 1 is 0.885 bits per heavy atom. The molecule has 26 heavy (non-hydrogen) atoms. The topological polar surface area (TPSA) is 27.4 Å². The third kappa shape index (κ3) is 6.54. The van der Waals surface area contributed by atoms with Crippen molar-refractivity contribution in [3.05, 3.63) is 66.5 Å². The van der Waals surface area contributed by atoms with Crippen LogP contribution in [0.25, 0.3) is 0 Å². The number of carbonyl (C=O) groups is 1. The summed E-state index contributed by atoms with van der Waals surface area (Å²) in [6.07, 6.45) is 6.84. The molecule has 4 nitrogen and oxygen atoms in total. The van der Waals surface area contributed by atoms with E-state index >= 15 is 0 Å². The fourth-order valence-corrected chi connectivity index (χ4v) is 3.31. The Bertz CT molecular complexity index is 643. The minimum absolute atomic E-state index is 0. The van der Waals surface area contributed by atoms with Gasteiger partial charge in [0.15, 0.2) is 12.4 Å². The number of hydrogen-bond donors (Lipinski definition) is 0. The summed E-state index contributed by atoms with van der Waals surface area (Å²) in [5.74, 6) is 0.317. The minimum atomic E-state index is 0. The van der Waals surface area contributed by atoms with Gasteiger partial charge in [0.25, 0.3) is 0 Å². The van der Waals surface area contributed by atoms with Crippen LogP contribution in [0.2, 0.25) is 0 Å². The molecule has 0 saturated carbocycles. The van der Waals surface area contributed by atoms with Gasteiger partial charge in [-0.2, -0.15) is 0 Å². The van der Waals surface area contributed by atoms with Gasteiger partial charge in [-0.05, 0) is 12.0 Å². The second-order valence-electron chi connectivity index (χ2n) is 6.71. The van der Waals surface area contributed by atoms with Gasteiger partial charge in [-0.3, -0.25) is 9.69 Å². The number of benzene rings is 1. The van der Waals surface area contributed by atoms with Crippen LogP contribution in [0.3, 0.4) is 0 Å². The molecule has 0 unspecified atom stereocenters. The molecule has 1 aromatic carbocycles. The second-order valence-corrected chi connectivity index (χ2v) is 6.71. The Kier molecular flexibility index (Phi) is 8.78. The van der Waals surface area contributed by atoms with Crippen molar-refractivity contribution in [3.63, 3.8) is 0 Å². The summed E-state index contributed by atoms with van der Waals surface area (Å²) in [6, 6.07) is 16.7. The van der Waals surface area contributed by atoms with Gasteiger partial charge in [-0.15, -0.1) is 0 Å². The Balaban J connectivity index is 0.00000243. The summed E-state index contributed by atoms with van der Waals surface area (Å²) in [5, 5.41) is 0. The molecule has 3 rings (SSSR count). The van der Waals surface area contributed by atoms with Crippen LogP contribution in [0, 0.1) is 0 Å². The Labute approximate surface area is 167 Å². The first kappa shape index (κ1) is 20.6. The van der Waals surface area contributed by atoms with Crippen molar-refractivity contribution in [3.8, 4) is 0 Å². The van der Waals surface area contributed by atoms with Gasteiger partial charge in [-0.1, -0.05) is 36.4 Å². The summed E-state index contributed by atoms with van der Waals surface area (Å²) >= 11 is 0. The van der Waals surface area contributed by atoms with Crippen LogP contribution in [0.15, 0.2) is 60.9 Å². The maximum Gasteiger partial charge on any atom is 0.222 e. The maximum atomic E-state index is 12.4. The monoisotopic (exact) mass is 417 g/mol. The first-order valence-electron chi connectivity index (χ1n) is 9.29. The zero-order valence-corrected chi connectivity index (χ0v) is 16.9. The van der Waals surface area contributed by atoms with Crippen molar-refractivity contribution >= 4 is 5.91 Å². The number of aromatic nitrogens is 1. The minimum Gasteiger partial charge on any atom is -1.00 e. The Morgan fingerprint density at radius 2 is 1.54 bits per heavy atom. The molecular formula is C21H28BrN3O. The molecule has 1 aromatic heterocycles. The van der Waals surface area contributed by atoms with Crippen LogP contribution in [0.1, 0.15) is 24.8 Å². The number of carbonyl (C=O) groups excluding carboxylic acids is 1. The lowest BCUT2D eigenvalue weighted by Crippen LogP contribution is -3.00. The molecule has 0 bridgehead atoms. The van der Waals surface area contributed by atoms with Crippen LogP contribution in [-0.4, -0.2) is 41.9 Å². The van der Waals surface area contributed by atoms with Crippen molar-refractivity contribution in [2.45, 2.75) is 32.4 Å². The van der Waals surface area contributed by atoms with E-state index in [1.54, 1.807) is 0 Å². The van der Waals surface area contributed by atoms with Gasteiger partial charge in [0.05, 0.1) is 0 Å². The zero-order valence-electron chi connectivity index (χ0n) is 15.3. The first-order valence-corrected chi connectivity index (χ1v) is 9.29. The van der Waals surface area contributed by atoms with Crippen molar-refractivity contribution in [2.75, 3.05) is 26.2 Å². The summed E-state index contributed by atoms with van der Waals surface area (Å²) in [7, 11) is 0. The Morgan fingerprint density at radius 3 is 2.23 bits per heavy atom. The van der Waals surface area contributed by atoms with Crippen LogP contribution in [0.5, 0.6) is 0 Å². The lowest BCUT2D eigenvalue weighted by atomic mass is 10.1. The van der Waals surface area contributed by atoms with Crippen molar-refractivity contribution in [1.82, 2.24) is 9.80 Å². The quantitative estimate of drug-likeness (QED) is 0.448. The summed E-state index contributed by atoms with van der Waals surface area (Å²) in [4.78, 5) is 16.8. The molecule has 5 heteroatoms. The predicted molar refractivity (Wildman–Crippen MR) is 98.8 cm³/mol. The highest BCUT2D eigenvalue weighted by atomic mass is 79.9. The molecule has 0 N–H and O–H groups in total. The van der Waals surface area contributed by atoms with E-state index in [0.29, 0.717) is 12.3 Å². The summed E-state index contributed by atoms with van der Waals surface area (Å²) < 4.78 is 2.17. The van der Waals surface area contributed by atoms with Crippen molar-refractivity contribution < 1.29 is 26.3 Å². The van der Waals surface area contributed by atoms with E-state index in [1.165, 1.54) is 5.56 Å². The van der Waals surface area contributed by atoms with E-state index in [4.69, 9.17) is 0 Å². The Hall–Kier alpha value is -1.72. The number of halogens is 1. The summed E-state index contributed by atoms with van der Waals surface area (Å²) in [6.45, 7) is 5.63. The molecule has 140 valence electrons. The molecule has 2 heterocycles. The van der Waals surface area contributed by atoms with Crippen molar-refractivity contribution in [1.29, 1.82) is 0 Å². The molecule has 1 aliphatic rings. The van der Waals surface area contributed by atoms with E-state index < -0.39 is 0 Å². The average molecular weight is 418 g/mol. The second kappa shape index (κ2) is 11.1. The standard InChI is InChI=1S/C21H28N3O.BrH/c25-21(11-5-8-14-22-12-6-2-7-13-22)24-17-15-23(16-18-24)19-20-9-3-1-4-10-20;/h1-4,6-7,9-10,12-13H,5,8,11,14-19H2;1H/q+1;/p-1. The molecule has 1 amide bonds. The molecule has 1 aliphatic heterocycles. The highest BCUT2D eigenvalue weighted by Crippen LogP contribution is 2.10. The molecule has 0 atom stereocenters. The SMILES string of the molecule is O=C(CCCC[n+]1ccccc1)N1CCN(Cc2ccccc2)CC1.[Br-]. The van der Waals surface area contributed by atoms with Gasteiger partial charge < -0.3 is 21.9 Å². The van der Waals surface area contributed by atoms with Gasteiger partial charge in [-0.25, -0.2) is 4.57 Å². The molecule has 0 aliphatic carbocycles. The number of pyridine rings is 1. The van der Waals surface area contributed by atoms with Gasteiger partial charge in [0.2, 0.25) is 5.91 Å². The van der Waals surface area contributed by atoms with E-state index in [0.717, 1.165) is 52.1 Å². The number of unbranched alkanes of at least 4 members (excludes halogenated alkanes) is 1. The van der Waals surface area contributed by atoms with E-state index in [9.17, 15) is 4.79 Å². The van der Waals surface area contributed by atoms with Crippen LogP contribution >= 0.6 is 0 Å². The smallest absolute Gasteiger partial charge is 0.222 e. The van der Waals surface area contributed by atoms with E-state index in [2.05, 4.69) is 52.2 Å². The number of hydrogen-bond acceptors (Lipinski definition) is 2. The highest BCUT2D eigenvalue weighted by molar-refractivity contribution is 5.76. The van der Waals surface area contributed by atoms with Crippen LogP contribution in [0.4, 0.5) is 0 Å². The van der Waals surface area contributed by atoms with E-state index in [-0.39, 0.29) is 17.0 Å². The fraction of sp³-hybridized carbons (Fsp3) is 0.429. The van der Waals surface area contributed by atoms with Crippen molar-refractivity contribution in [2.24, 2.45) is 0 Å². The number of aryl methyl sites for hydroxylation is 1.